The molecule has 7 nitrogen and oxygen atoms in total. The fraction of sp³-hybridized carbons (Fsp3) is 0.273. The summed E-state index contributed by atoms with van der Waals surface area (Å²) < 4.78 is 11.5. The van der Waals surface area contributed by atoms with E-state index in [4.69, 9.17) is 10.2 Å². The van der Waals surface area contributed by atoms with Crippen molar-refractivity contribution in [2.45, 2.75) is 18.0 Å². The van der Waals surface area contributed by atoms with Gasteiger partial charge in [-0.25, -0.2) is 0 Å². The van der Waals surface area contributed by atoms with Crippen LogP contribution in [0.25, 0.3) is 0 Å². The lowest BCUT2D eigenvalue weighted by atomic mass is 9.95. The van der Waals surface area contributed by atoms with Gasteiger partial charge in [0.25, 0.3) is 0 Å². The zero-order valence-electron chi connectivity index (χ0n) is 9.76. The molecule has 0 saturated heterocycles. The zero-order chi connectivity index (χ0) is 14.7. The molecule has 0 radical (unpaired) electrons. The predicted molar refractivity (Wildman–Crippen MR) is 64.8 cm³/mol. The summed E-state index contributed by atoms with van der Waals surface area (Å²) in [5.41, 5.74) is 0.342. The molecule has 0 aliphatic rings. The van der Waals surface area contributed by atoms with Crippen LogP contribution in [0.4, 0.5) is 0 Å². The number of rotatable bonds is 6. The summed E-state index contributed by atoms with van der Waals surface area (Å²) in [6, 6.07) is 7.76. The normalized spacial score (nSPS) is 14.6. The molecule has 0 fully saturated rings. The number of carboxylic acids is 2. The Balaban J connectivity index is 3.28. The molecule has 1 atom stereocenters. The van der Waals surface area contributed by atoms with Crippen LogP contribution in [0.1, 0.15) is 12.0 Å². The van der Waals surface area contributed by atoms with Gasteiger partial charge in [0.2, 0.25) is 0 Å². The molecular formula is C11H13O7P. The van der Waals surface area contributed by atoms with Gasteiger partial charge in [-0.1, -0.05) is 30.3 Å². The number of hydrogen-bond donors (Lipinski definition) is 4. The number of carbonyl (C=O) groups is 2. The maximum Gasteiger partial charge on any atom is 0.343 e. The molecule has 4 N–H and O–H groups in total. The third-order valence-corrected chi connectivity index (χ3v) is 4.36. The van der Waals surface area contributed by atoms with E-state index in [0.29, 0.717) is 5.56 Å². The molecule has 1 unspecified atom stereocenters. The topological polar surface area (TPSA) is 132 Å². The number of benzene rings is 1. The monoisotopic (exact) mass is 288 g/mol. The first-order valence-electron chi connectivity index (χ1n) is 5.24. The number of carboxylic acid groups (broad SMARTS) is 2. The van der Waals surface area contributed by atoms with Crippen molar-refractivity contribution in [2.24, 2.45) is 0 Å². The number of hydrogen-bond acceptors (Lipinski definition) is 3. The first-order chi connectivity index (χ1) is 8.69. The largest absolute Gasteiger partial charge is 0.481 e. The van der Waals surface area contributed by atoms with Gasteiger partial charge in [-0.2, -0.15) is 0 Å². The van der Waals surface area contributed by atoms with E-state index in [1.54, 1.807) is 18.2 Å². The van der Waals surface area contributed by atoms with Crippen molar-refractivity contribution < 1.29 is 34.2 Å². The summed E-state index contributed by atoms with van der Waals surface area (Å²) in [6.07, 6.45) is -1.71. The minimum Gasteiger partial charge on any atom is -0.481 e. The Hall–Kier alpha value is -1.69. The third-order valence-electron chi connectivity index (χ3n) is 2.74. The first-order valence-corrected chi connectivity index (χ1v) is 6.85. The third kappa shape index (κ3) is 3.41. The van der Waals surface area contributed by atoms with E-state index in [9.17, 15) is 23.9 Å². The summed E-state index contributed by atoms with van der Waals surface area (Å²) >= 11 is 0. The van der Waals surface area contributed by atoms with Gasteiger partial charge >= 0.3 is 19.5 Å². The highest BCUT2D eigenvalue weighted by Crippen LogP contribution is 2.54. The van der Waals surface area contributed by atoms with Crippen molar-refractivity contribution in [3.8, 4) is 0 Å². The Morgan fingerprint density at radius 1 is 1.11 bits per heavy atom. The molecule has 0 amide bonds. The number of aliphatic carboxylic acids is 2. The molecule has 0 aromatic heterocycles. The molecule has 1 aromatic rings. The van der Waals surface area contributed by atoms with E-state index in [-0.39, 0.29) is 0 Å². The molecule has 0 aliphatic carbocycles. The molecule has 0 aliphatic heterocycles. The van der Waals surface area contributed by atoms with Gasteiger partial charge in [0.15, 0.2) is 5.16 Å². The summed E-state index contributed by atoms with van der Waals surface area (Å²) in [5, 5.41) is 15.2. The summed E-state index contributed by atoms with van der Waals surface area (Å²) in [5.74, 6) is -3.41. The second-order valence-electron chi connectivity index (χ2n) is 4.11. The Morgan fingerprint density at radius 2 is 1.63 bits per heavy atom. The van der Waals surface area contributed by atoms with Gasteiger partial charge in [0.05, 0.1) is 6.42 Å². The summed E-state index contributed by atoms with van der Waals surface area (Å²) in [7, 11) is -5.16. The molecule has 19 heavy (non-hydrogen) atoms. The van der Waals surface area contributed by atoms with Crippen LogP contribution >= 0.6 is 7.60 Å². The lowest BCUT2D eigenvalue weighted by Crippen LogP contribution is -2.42. The molecule has 0 spiro atoms. The van der Waals surface area contributed by atoms with E-state index in [0.717, 1.165) is 0 Å². The van der Waals surface area contributed by atoms with Gasteiger partial charge in [-0.05, 0) is 5.56 Å². The van der Waals surface area contributed by atoms with Crippen LogP contribution in [0.3, 0.4) is 0 Å². The van der Waals surface area contributed by atoms with Gasteiger partial charge in [0, 0.05) is 6.42 Å². The molecule has 104 valence electrons. The molecule has 0 heterocycles. The summed E-state index contributed by atoms with van der Waals surface area (Å²) in [4.78, 5) is 40.6. The summed E-state index contributed by atoms with van der Waals surface area (Å²) in [6.45, 7) is 0. The van der Waals surface area contributed by atoms with E-state index in [2.05, 4.69) is 0 Å². The van der Waals surface area contributed by atoms with Crippen LogP contribution in [0, 0.1) is 0 Å². The van der Waals surface area contributed by atoms with Crippen molar-refractivity contribution >= 4 is 19.5 Å². The second kappa shape index (κ2) is 5.52. The van der Waals surface area contributed by atoms with Gasteiger partial charge < -0.3 is 20.0 Å². The molecule has 8 heteroatoms. The Kier molecular flexibility index (Phi) is 4.47. The highest BCUT2D eigenvalue weighted by atomic mass is 31.2. The standard InChI is InChI=1S/C11H13O7P/c12-9(13)7-11(10(14)15,19(16,17)18)6-8-4-2-1-3-5-8/h1-5H,6-7H2,(H,12,13)(H,14,15)(H2,16,17,18). The zero-order valence-corrected chi connectivity index (χ0v) is 10.7. The maximum atomic E-state index is 11.5. The minimum absolute atomic E-state index is 0.342. The SMILES string of the molecule is O=C(O)CC(Cc1ccccc1)(C(=O)O)P(=O)(O)O. The molecular weight excluding hydrogens is 275 g/mol. The van der Waals surface area contributed by atoms with Crippen molar-refractivity contribution in [1.29, 1.82) is 0 Å². The average Bonchev–Trinajstić information content (AvgIpc) is 2.27. The van der Waals surface area contributed by atoms with Crippen molar-refractivity contribution in [2.75, 3.05) is 0 Å². The maximum absolute atomic E-state index is 11.5. The van der Waals surface area contributed by atoms with Crippen LogP contribution in [0.5, 0.6) is 0 Å². The quantitative estimate of drug-likeness (QED) is 0.566. The fourth-order valence-electron chi connectivity index (χ4n) is 1.73. The predicted octanol–water partition coefficient (Wildman–Crippen LogP) is 0.705. The van der Waals surface area contributed by atoms with Crippen molar-refractivity contribution in [3.05, 3.63) is 35.9 Å². The Morgan fingerprint density at radius 3 is 2.00 bits per heavy atom. The fourth-order valence-corrected chi connectivity index (χ4v) is 2.71. The average molecular weight is 288 g/mol. The lowest BCUT2D eigenvalue weighted by Gasteiger charge is -2.28. The van der Waals surface area contributed by atoms with E-state index in [1.165, 1.54) is 12.1 Å². The Labute approximate surface area is 108 Å². The van der Waals surface area contributed by atoms with Crippen LogP contribution in [-0.4, -0.2) is 37.1 Å². The Bertz CT molecular complexity index is 521. The van der Waals surface area contributed by atoms with E-state index >= 15 is 0 Å². The van der Waals surface area contributed by atoms with E-state index < -0.39 is 37.5 Å². The van der Waals surface area contributed by atoms with Gasteiger partial charge in [-0.3, -0.25) is 14.2 Å². The van der Waals surface area contributed by atoms with Crippen LogP contribution < -0.4 is 0 Å². The van der Waals surface area contributed by atoms with Crippen molar-refractivity contribution in [3.63, 3.8) is 0 Å². The highest BCUT2D eigenvalue weighted by molar-refractivity contribution is 7.54. The highest BCUT2D eigenvalue weighted by Gasteiger charge is 2.55. The van der Waals surface area contributed by atoms with Gasteiger partial charge in [-0.15, -0.1) is 0 Å². The molecule has 0 saturated carbocycles. The van der Waals surface area contributed by atoms with E-state index in [1.807, 2.05) is 0 Å². The van der Waals surface area contributed by atoms with Crippen LogP contribution in [-0.2, 0) is 20.6 Å². The van der Waals surface area contributed by atoms with Crippen LogP contribution in [0.15, 0.2) is 30.3 Å². The van der Waals surface area contributed by atoms with Gasteiger partial charge in [0.1, 0.15) is 0 Å². The van der Waals surface area contributed by atoms with Crippen LogP contribution in [0.2, 0.25) is 0 Å². The molecule has 0 bridgehead atoms. The minimum atomic E-state index is -5.16. The smallest absolute Gasteiger partial charge is 0.343 e. The van der Waals surface area contributed by atoms with Crippen molar-refractivity contribution in [1.82, 2.24) is 0 Å². The first kappa shape index (κ1) is 15.4. The lowest BCUT2D eigenvalue weighted by molar-refractivity contribution is -0.147. The molecule has 1 aromatic carbocycles. The second-order valence-corrected chi connectivity index (χ2v) is 6.06. The molecule has 1 rings (SSSR count).